The molecule has 0 spiro atoms. The minimum atomic E-state index is -0.208. The lowest BCUT2D eigenvalue weighted by atomic mass is 10.0. The van der Waals surface area contributed by atoms with Crippen molar-refractivity contribution in [3.63, 3.8) is 0 Å². The van der Waals surface area contributed by atoms with Crippen molar-refractivity contribution < 1.29 is 11.0 Å². The van der Waals surface area contributed by atoms with Crippen LogP contribution in [0.3, 0.4) is 0 Å². The third kappa shape index (κ3) is 7.63. The van der Waals surface area contributed by atoms with E-state index in [1.54, 1.807) is 12.3 Å². The van der Waals surface area contributed by atoms with Crippen LogP contribution in [0.1, 0.15) is 30.2 Å². The molecule has 3 heterocycles. The number of nitrogens with zero attached hydrogens (tertiary/aromatic N) is 4. The minimum absolute atomic E-state index is 0. The fourth-order valence-corrected chi connectivity index (χ4v) is 5.74. The first-order valence-electron chi connectivity index (χ1n) is 13.6. The van der Waals surface area contributed by atoms with E-state index in [9.17, 15) is 4.79 Å². The van der Waals surface area contributed by atoms with Gasteiger partial charge in [0, 0.05) is 51.4 Å². The van der Waals surface area contributed by atoms with E-state index < -0.39 is 0 Å². The molecule has 0 aliphatic carbocycles. The first kappa shape index (κ1) is 27.7. The summed E-state index contributed by atoms with van der Waals surface area (Å²) in [5.74, 6) is 1.32. The molecule has 1 aromatic heterocycles. The highest BCUT2D eigenvalue weighted by Gasteiger charge is 2.28. The second kappa shape index (κ2) is 13.5. The fourth-order valence-electron chi connectivity index (χ4n) is 5.33. The second-order valence-electron chi connectivity index (χ2n) is 10.1. The Balaban J connectivity index is 0.00000370. The molecule has 0 atom stereocenters. The molecule has 0 radical (unpaired) electrons. The van der Waals surface area contributed by atoms with E-state index in [1.165, 1.54) is 18.4 Å². The summed E-state index contributed by atoms with van der Waals surface area (Å²) in [5, 5.41) is 4.16. The zero-order valence-electron chi connectivity index (χ0n) is 22.1. The van der Waals surface area contributed by atoms with Crippen LogP contribution in [0.25, 0.3) is 0 Å². The number of aromatic nitrogens is 1. The molecule has 1 amide bonds. The first-order valence-corrected chi connectivity index (χ1v) is 14.4. The number of likely N-dealkylation sites (tertiary alicyclic amines) is 1. The number of anilines is 1. The molecular weight excluding hydrogens is 533 g/mol. The van der Waals surface area contributed by atoms with Gasteiger partial charge in [0.25, 0.3) is 5.91 Å². The molecule has 0 unspecified atom stereocenters. The molecule has 5 rings (SSSR count). The molecule has 2 aliphatic rings. The van der Waals surface area contributed by atoms with Crippen molar-refractivity contribution in [1.82, 2.24) is 20.1 Å². The van der Waals surface area contributed by atoms with Gasteiger partial charge in [-0.05, 0) is 61.8 Å². The number of amides is 1. The van der Waals surface area contributed by atoms with Crippen molar-refractivity contribution in [2.45, 2.75) is 25.4 Å². The molecule has 2 saturated heterocycles. The molecule has 0 saturated carbocycles. The number of benzene rings is 2. The molecule has 2 aliphatic heterocycles. The molecule has 1 N–H and O–H groups in total. The Hall–Kier alpha value is -2.84. The van der Waals surface area contributed by atoms with Crippen molar-refractivity contribution in [3.8, 4) is 5.75 Å². The van der Waals surface area contributed by atoms with Gasteiger partial charge >= 0.3 is 0 Å². The van der Waals surface area contributed by atoms with Gasteiger partial charge in [-0.3, -0.25) is 14.6 Å². The summed E-state index contributed by atoms with van der Waals surface area (Å²) in [4.78, 5) is 24.5. The number of halogens is 2. The van der Waals surface area contributed by atoms with Crippen molar-refractivity contribution in [2.75, 3.05) is 57.3 Å². The number of piperidine rings is 1. The Labute approximate surface area is 242 Å². The number of para-hydroxylation sites is 1. The maximum absolute atomic E-state index is 12.6. The van der Waals surface area contributed by atoms with Crippen LogP contribution >= 0.6 is 23.2 Å². The van der Waals surface area contributed by atoms with Crippen molar-refractivity contribution >= 4 is 34.9 Å². The van der Waals surface area contributed by atoms with Gasteiger partial charge in [0.05, 0.1) is 17.1 Å². The number of rotatable bonds is 9. The Morgan fingerprint density at radius 2 is 1.69 bits per heavy atom. The summed E-state index contributed by atoms with van der Waals surface area (Å²) in [6.07, 6.45) is 3.98. The molecule has 2 aromatic carbocycles. The van der Waals surface area contributed by atoms with Gasteiger partial charge in [-0.25, -0.2) is 4.98 Å². The number of hydrogen-bond acceptors (Lipinski definition) is 6. The lowest BCUT2D eigenvalue weighted by molar-refractivity contribution is 0.0946. The number of hydrogen-bond donors (Lipinski definition) is 1. The van der Waals surface area contributed by atoms with E-state index in [4.69, 9.17) is 27.9 Å². The van der Waals surface area contributed by atoms with Crippen molar-refractivity contribution in [3.05, 3.63) is 88.0 Å². The van der Waals surface area contributed by atoms with Gasteiger partial charge in [0.15, 0.2) is 0 Å². The van der Waals surface area contributed by atoms with Crippen molar-refractivity contribution in [1.29, 1.82) is 0 Å². The summed E-state index contributed by atoms with van der Waals surface area (Å²) in [7, 11) is 0. The molecule has 0 bridgehead atoms. The second-order valence-corrected chi connectivity index (χ2v) is 10.9. The Morgan fingerprint density at radius 3 is 2.38 bits per heavy atom. The van der Waals surface area contributed by atoms with Crippen molar-refractivity contribution in [2.24, 2.45) is 0 Å². The third-order valence-corrected chi connectivity index (χ3v) is 8.02. The fraction of sp³-hybridized carbons (Fsp3) is 0.400. The highest BCUT2D eigenvalue weighted by Crippen LogP contribution is 2.27. The molecule has 3 aromatic rings. The van der Waals surface area contributed by atoms with Crippen LogP contribution in [0.5, 0.6) is 5.75 Å². The van der Waals surface area contributed by atoms with Crippen LogP contribution in [-0.2, 0) is 6.54 Å². The first-order chi connectivity index (χ1) is 19.0. The summed E-state index contributed by atoms with van der Waals surface area (Å²) in [6, 6.07) is 20.0. The smallest absolute Gasteiger partial charge is 0.253 e. The van der Waals surface area contributed by atoms with Crippen LogP contribution in [0.2, 0.25) is 10.0 Å². The van der Waals surface area contributed by atoms with E-state index in [0.717, 1.165) is 62.4 Å². The highest BCUT2D eigenvalue weighted by molar-refractivity contribution is 6.33. The van der Waals surface area contributed by atoms with Gasteiger partial charge in [0.1, 0.15) is 18.2 Å². The van der Waals surface area contributed by atoms with E-state index in [0.29, 0.717) is 29.8 Å². The lowest BCUT2D eigenvalue weighted by Crippen LogP contribution is -2.53. The largest absolute Gasteiger partial charge is 0.492 e. The number of ether oxygens (including phenoxy) is 1. The zero-order chi connectivity index (χ0) is 27.0. The Morgan fingerprint density at radius 1 is 0.974 bits per heavy atom. The van der Waals surface area contributed by atoms with E-state index in [2.05, 4.69) is 37.1 Å². The molecule has 7 nitrogen and oxygen atoms in total. The Kier molecular flexibility index (Phi) is 9.58. The minimum Gasteiger partial charge on any atom is -0.492 e. The summed E-state index contributed by atoms with van der Waals surface area (Å²) in [6.45, 7) is 7.73. The van der Waals surface area contributed by atoms with Gasteiger partial charge < -0.3 is 15.0 Å². The van der Waals surface area contributed by atoms with Crippen LogP contribution in [0, 0.1) is 0 Å². The summed E-state index contributed by atoms with van der Waals surface area (Å²) >= 11 is 12.6. The van der Waals surface area contributed by atoms with E-state index in [1.807, 2.05) is 42.5 Å². The number of nitrogens with one attached hydrogen (secondary N) is 1. The van der Waals surface area contributed by atoms with Crippen LogP contribution in [0.4, 0.5) is 5.82 Å². The predicted octanol–water partition coefficient (Wildman–Crippen LogP) is 5.23. The lowest BCUT2D eigenvalue weighted by Gasteiger charge is -2.43. The van der Waals surface area contributed by atoms with Gasteiger partial charge in [-0.15, -0.1) is 0 Å². The molecule has 208 valence electrons. The monoisotopic (exact) mass is 569 g/mol. The zero-order valence-corrected chi connectivity index (χ0v) is 23.6. The van der Waals surface area contributed by atoms with E-state index in [-0.39, 0.29) is 7.33 Å². The van der Waals surface area contributed by atoms with Crippen LogP contribution in [0.15, 0.2) is 66.9 Å². The standard InChI is InChI=1S/C30H35Cl2N5O2.H2/c31-25-8-6-23(7-9-25)22-35-13-10-26(11-14-35)36-15-17-37(18-16-36)29-28(32)20-24(21-34-29)30(38)33-12-19-39-27-4-2-1-3-5-27;/h1-9,20-21,26H,10-19,22H2,(H,33,38);1H. The number of pyridine rings is 1. The Bertz CT molecular complexity index is 1220. The highest BCUT2D eigenvalue weighted by atomic mass is 35.5. The molecule has 9 heteroatoms. The van der Waals surface area contributed by atoms with Gasteiger partial charge in [-0.2, -0.15) is 0 Å². The van der Waals surface area contributed by atoms with Gasteiger partial charge in [-0.1, -0.05) is 53.5 Å². The summed E-state index contributed by atoms with van der Waals surface area (Å²) in [5.41, 5.74) is 1.77. The average molecular weight is 571 g/mol. The normalized spacial score (nSPS) is 17.2. The van der Waals surface area contributed by atoms with Crippen LogP contribution < -0.4 is 15.0 Å². The maximum atomic E-state index is 12.6. The number of carbonyl (C=O) groups is 1. The molecular formula is C30H37Cl2N5O2. The topological polar surface area (TPSA) is 60.9 Å². The SMILES string of the molecule is O=C(NCCOc1ccccc1)c1cnc(N2CCN(C3CCN(Cc4ccc(Cl)cc4)CC3)CC2)c(Cl)c1.[HH]. The van der Waals surface area contributed by atoms with Gasteiger partial charge in [0.2, 0.25) is 0 Å². The quantitative estimate of drug-likeness (QED) is 0.356. The van der Waals surface area contributed by atoms with E-state index >= 15 is 0 Å². The predicted molar refractivity (Wildman–Crippen MR) is 159 cm³/mol. The molecule has 2 fully saturated rings. The average Bonchev–Trinajstić information content (AvgIpc) is 2.97. The van der Waals surface area contributed by atoms with Crippen LogP contribution in [-0.4, -0.2) is 79.2 Å². The summed E-state index contributed by atoms with van der Waals surface area (Å²) < 4.78 is 5.63. The number of piperazine rings is 1. The third-order valence-electron chi connectivity index (χ3n) is 7.49. The molecule has 39 heavy (non-hydrogen) atoms. The maximum Gasteiger partial charge on any atom is 0.253 e. The number of carbonyl (C=O) groups excluding carboxylic acids is 1.